The van der Waals surface area contributed by atoms with Gasteiger partial charge in [0, 0.05) is 12.2 Å². The van der Waals surface area contributed by atoms with E-state index >= 15 is 0 Å². The van der Waals surface area contributed by atoms with Crippen LogP contribution in [-0.4, -0.2) is 35.4 Å². The number of nitrogens with zero attached hydrogens (tertiary/aromatic N) is 2. The van der Waals surface area contributed by atoms with Gasteiger partial charge in [0.1, 0.15) is 5.76 Å². The monoisotopic (exact) mass is 356 g/mol. The number of nitrogens with two attached hydrogens (primary N) is 1. The number of nitrogens with one attached hydrogen (secondary N) is 1. The normalized spacial score (nSPS) is 15.9. The largest absolute Gasteiger partial charge is 0.444 e. The molecule has 0 atom stereocenters. The number of hydrogen-bond acceptors (Lipinski definition) is 5. The van der Waals surface area contributed by atoms with Gasteiger partial charge < -0.3 is 15.5 Å². The van der Waals surface area contributed by atoms with E-state index in [0.717, 1.165) is 67.6 Å². The number of piperidine rings is 1. The Kier molecular flexibility index (Phi) is 5.93. The molecule has 0 aliphatic carbocycles. The number of anilines is 1. The van der Waals surface area contributed by atoms with E-state index in [1.165, 1.54) is 0 Å². The first kappa shape index (κ1) is 18.5. The van der Waals surface area contributed by atoms with Gasteiger partial charge in [0.15, 0.2) is 0 Å². The SMILES string of the molecule is Cc1nc(CN2CCC(CNC(=O)Cc3ccc(N)cc3)CC2)oc1C. The molecule has 2 heterocycles. The molecule has 0 spiro atoms. The minimum atomic E-state index is 0.0722. The second-order valence-corrected chi connectivity index (χ2v) is 7.19. The summed E-state index contributed by atoms with van der Waals surface area (Å²) in [6, 6.07) is 7.46. The number of oxazole rings is 1. The van der Waals surface area contributed by atoms with Crippen LogP contribution in [-0.2, 0) is 17.8 Å². The molecule has 1 aromatic carbocycles. The number of likely N-dealkylation sites (tertiary alicyclic amines) is 1. The van der Waals surface area contributed by atoms with Crippen molar-refractivity contribution in [2.24, 2.45) is 5.92 Å². The van der Waals surface area contributed by atoms with Crippen molar-refractivity contribution in [3.05, 3.63) is 47.2 Å². The van der Waals surface area contributed by atoms with Crippen LogP contribution >= 0.6 is 0 Å². The lowest BCUT2D eigenvalue weighted by atomic mass is 9.96. The Bertz CT molecular complexity index is 711. The minimum Gasteiger partial charge on any atom is -0.444 e. The number of amides is 1. The maximum absolute atomic E-state index is 12.1. The first-order valence-electron chi connectivity index (χ1n) is 9.26. The van der Waals surface area contributed by atoms with Gasteiger partial charge in [-0.15, -0.1) is 0 Å². The third-order valence-corrected chi connectivity index (χ3v) is 5.07. The zero-order chi connectivity index (χ0) is 18.5. The van der Waals surface area contributed by atoms with Crippen molar-refractivity contribution in [1.29, 1.82) is 0 Å². The van der Waals surface area contributed by atoms with E-state index in [-0.39, 0.29) is 5.91 Å². The van der Waals surface area contributed by atoms with Crippen LogP contribution in [0.4, 0.5) is 5.69 Å². The molecule has 2 aromatic rings. The minimum absolute atomic E-state index is 0.0722. The Balaban J connectivity index is 1.37. The van der Waals surface area contributed by atoms with Crippen molar-refractivity contribution in [1.82, 2.24) is 15.2 Å². The summed E-state index contributed by atoms with van der Waals surface area (Å²) >= 11 is 0. The average Bonchev–Trinajstić information content (AvgIpc) is 2.94. The molecule has 26 heavy (non-hydrogen) atoms. The van der Waals surface area contributed by atoms with Crippen LogP contribution < -0.4 is 11.1 Å². The van der Waals surface area contributed by atoms with E-state index in [1.807, 2.05) is 38.1 Å². The molecule has 1 saturated heterocycles. The molecule has 3 N–H and O–H groups in total. The third kappa shape index (κ3) is 5.08. The summed E-state index contributed by atoms with van der Waals surface area (Å²) < 4.78 is 5.67. The van der Waals surface area contributed by atoms with Crippen LogP contribution in [0.15, 0.2) is 28.7 Å². The molecule has 6 heteroatoms. The number of aryl methyl sites for hydroxylation is 2. The molecule has 1 aliphatic rings. The van der Waals surface area contributed by atoms with Crippen molar-refractivity contribution in [2.75, 3.05) is 25.4 Å². The number of nitrogen functional groups attached to an aromatic ring is 1. The highest BCUT2D eigenvalue weighted by Crippen LogP contribution is 2.19. The van der Waals surface area contributed by atoms with Crippen molar-refractivity contribution >= 4 is 11.6 Å². The van der Waals surface area contributed by atoms with E-state index in [9.17, 15) is 4.79 Å². The van der Waals surface area contributed by atoms with Crippen LogP contribution in [0.25, 0.3) is 0 Å². The van der Waals surface area contributed by atoms with Gasteiger partial charge in [-0.3, -0.25) is 9.69 Å². The standard InChI is InChI=1S/C20H28N4O2/c1-14-15(2)26-20(23-14)13-24-9-7-17(8-10-24)12-22-19(25)11-16-3-5-18(21)6-4-16/h3-6,17H,7-13,21H2,1-2H3,(H,22,25). The van der Waals surface area contributed by atoms with Crippen LogP contribution in [0.3, 0.4) is 0 Å². The molecule has 0 radical (unpaired) electrons. The fraction of sp³-hybridized carbons (Fsp3) is 0.500. The lowest BCUT2D eigenvalue weighted by molar-refractivity contribution is -0.120. The summed E-state index contributed by atoms with van der Waals surface area (Å²) in [5.41, 5.74) is 8.35. The average molecular weight is 356 g/mol. The van der Waals surface area contributed by atoms with Crippen LogP contribution in [0, 0.1) is 19.8 Å². The maximum Gasteiger partial charge on any atom is 0.224 e. The second kappa shape index (κ2) is 8.36. The van der Waals surface area contributed by atoms with Crippen LogP contribution in [0.1, 0.15) is 35.7 Å². The lowest BCUT2D eigenvalue weighted by Gasteiger charge is -2.31. The molecule has 6 nitrogen and oxygen atoms in total. The van der Waals surface area contributed by atoms with Crippen molar-refractivity contribution in [3.8, 4) is 0 Å². The van der Waals surface area contributed by atoms with Gasteiger partial charge in [0.25, 0.3) is 0 Å². The maximum atomic E-state index is 12.1. The first-order valence-corrected chi connectivity index (χ1v) is 9.26. The summed E-state index contributed by atoms with van der Waals surface area (Å²) in [6.07, 6.45) is 2.57. The summed E-state index contributed by atoms with van der Waals surface area (Å²) in [7, 11) is 0. The van der Waals surface area contributed by atoms with Gasteiger partial charge in [-0.05, 0) is 63.4 Å². The molecule has 1 fully saturated rings. The Morgan fingerprint density at radius 1 is 1.27 bits per heavy atom. The van der Waals surface area contributed by atoms with Crippen molar-refractivity contribution in [3.63, 3.8) is 0 Å². The molecule has 1 aliphatic heterocycles. The lowest BCUT2D eigenvalue weighted by Crippen LogP contribution is -2.38. The van der Waals surface area contributed by atoms with E-state index in [2.05, 4.69) is 15.2 Å². The topological polar surface area (TPSA) is 84.4 Å². The van der Waals surface area contributed by atoms with E-state index in [1.54, 1.807) is 0 Å². The third-order valence-electron chi connectivity index (χ3n) is 5.07. The van der Waals surface area contributed by atoms with Crippen LogP contribution in [0.5, 0.6) is 0 Å². The highest BCUT2D eigenvalue weighted by atomic mass is 16.4. The molecule has 0 bridgehead atoms. The molecule has 1 amide bonds. The number of hydrogen-bond donors (Lipinski definition) is 2. The van der Waals surface area contributed by atoms with E-state index in [0.29, 0.717) is 12.3 Å². The van der Waals surface area contributed by atoms with Gasteiger partial charge in [0.05, 0.1) is 18.7 Å². The van der Waals surface area contributed by atoms with Crippen molar-refractivity contribution in [2.45, 2.75) is 39.7 Å². The quantitative estimate of drug-likeness (QED) is 0.777. The molecule has 3 rings (SSSR count). The summed E-state index contributed by atoms with van der Waals surface area (Å²) in [4.78, 5) is 18.9. The number of rotatable bonds is 6. The Labute approximate surface area is 154 Å². The number of carbonyl (C=O) groups is 1. The highest BCUT2D eigenvalue weighted by molar-refractivity contribution is 5.78. The fourth-order valence-electron chi connectivity index (χ4n) is 3.29. The van der Waals surface area contributed by atoms with E-state index in [4.69, 9.17) is 10.2 Å². The van der Waals surface area contributed by atoms with Gasteiger partial charge >= 0.3 is 0 Å². The molecular formula is C20H28N4O2. The van der Waals surface area contributed by atoms with Gasteiger partial charge in [0.2, 0.25) is 11.8 Å². The zero-order valence-corrected chi connectivity index (χ0v) is 15.6. The second-order valence-electron chi connectivity index (χ2n) is 7.19. The smallest absolute Gasteiger partial charge is 0.224 e. The van der Waals surface area contributed by atoms with Gasteiger partial charge in [-0.2, -0.15) is 0 Å². The van der Waals surface area contributed by atoms with Crippen molar-refractivity contribution < 1.29 is 9.21 Å². The number of aromatic nitrogens is 1. The summed E-state index contributed by atoms with van der Waals surface area (Å²) in [5, 5.41) is 3.07. The number of carbonyl (C=O) groups excluding carboxylic acids is 1. The first-order chi connectivity index (χ1) is 12.5. The van der Waals surface area contributed by atoms with E-state index < -0.39 is 0 Å². The predicted octanol–water partition coefficient (Wildman–Crippen LogP) is 2.44. The highest BCUT2D eigenvalue weighted by Gasteiger charge is 2.21. The summed E-state index contributed by atoms with van der Waals surface area (Å²) in [6.45, 7) is 7.47. The molecule has 0 saturated carbocycles. The van der Waals surface area contributed by atoms with Gasteiger partial charge in [-0.25, -0.2) is 4.98 Å². The number of benzene rings is 1. The predicted molar refractivity (Wildman–Crippen MR) is 102 cm³/mol. The molecular weight excluding hydrogens is 328 g/mol. The zero-order valence-electron chi connectivity index (χ0n) is 15.6. The molecule has 140 valence electrons. The molecule has 1 aromatic heterocycles. The van der Waals surface area contributed by atoms with Gasteiger partial charge in [-0.1, -0.05) is 12.1 Å². The summed E-state index contributed by atoms with van der Waals surface area (Å²) in [5.74, 6) is 2.31. The fourth-order valence-corrected chi connectivity index (χ4v) is 3.29. The van der Waals surface area contributed by atoms with Crippen LogP contribution in [0.2, 0.25) is 0 Å². The molecule has 0 unspecified atom stereocenters. The Morgan fingerprint density at radius 3 is 2.58 bits per heavy atom. The Hall–Kier alpha value is -2.34. The Morgan fingerprint density at radius 2 is 1.96 bits per heavy atom.